The SMILES string of the molecule is CC(C)CCNC(=O)[C@H]1Cc2cc(C(F)(F)F)ccc2N2CCN(C3CCCC3)C[C@@H]12. The van der Waals surface area contributed by atoms with Crippen LogP contribution in [0.2, 0.25) is 0 Å². The van der Waals surface area contributed by atoms with Gasteiger partial charge in [0.15, 0.2) is 0 Å². The van der Waals surface area contributed by atoms with Crippen LogP contribution in [0.4, 0.5) is 18.9 Å². The number of piperazine rings is 1. The van der Waals surface area contributed by atoms with Crippen molar-refractivity contribution in [2.24, 2.45) is 11.8 Å². The van der Waals surface area contributed by atoms with Crippen molar-refractivity contribution in [1.82, 2.24) is 10.2 Å². The fourth-order valence-electron chi connectivity index (χ4n) is 5.54. The second-order valence-corrected chi connectivity index (χ2v) is 9.82. The van der Waals surface area contributed by atoms with Crippen LogP contribution in [-0.4, -0.2) is 49.1 Å². The van der Waals surface area contributed by atoms with E-state index in [0.717, 1.165) is 31.7 Å². The average molecular weight is 438 g/mol. The summed E-state index contributed by atoms with van der Waals surface area (Å²) in [6.07, 6.45) is 1.84. The Bertz CT molecular complexity index is 789. The first-order valence-electron chi connectivity index (χ1n) is 11.7. The lowest BCUT2D eigenvalue weighted by molar-refractivity contribution is -0.137. The molecule has 1 aromatic carbocycles. The van der Waals surface area contributed by atoms with E-state index in [4.69, 9.17) is 0 Å². The molecule has 7 heteroatoms. The molecule has 2 fully saturated rings. The van der Waals surface area contributed by atoms with E-state index in [1.165, 1.54) is 37.8 Å². The maximum absolute atomic E-state index is 13.3. The van der Waals surface area contributed by atoms with Gasteiger partial charge in [0.05, 0.1) is 17.5 Å². The van der Waals surface area contributed by atoms with E-state index in [1.807, 2.05) is 0 Å². The first kappa shape index (κ1) is 22.4. The zero-order valence-electron chi connectivity index (χ0n) is 18.5. The van der Waals surface area contributed by atoms with Gasteiger partial charge in [-0.05, 0) is 55.4 Å². The van der Waals surface area contributed by atoms with Gasteiger partial charge >= 0.3 is 6.18 Å². The lowest BCUT2D eigenvalue weighted by Crippen LogP contribution is -2.62. The van der Waals surface area contributed by atoms with Gasteiger partial charge < -0.3 is 10.2 Å². The van der Waals surface area contributed by atoms with Crippen molar-refractivity contribution in [2.75, 3.05) is 31.1 Å². The van der Waals surface area contributed by atoms with Crippen molar-refractivity contribution in [3.8, 4) is 0 Å². The summed E-state index contributed by atoms with van der Waals surface area (Å²) < 4.78 is 39.9. The minimum Gasteiger partial charge on any atom is -0.365 e. The van der Waals surface area contributed by atoms with Gasteiger partial charge in [-0.1, -0.05) is 26.7 Å². The van der Waals surface area contributed by atoms with Crippen molar-refractivity contribution >= 4 is 11.6 Å². The van der Waals surface area contributed by atoms with Crippen LogP contribution in [0.5, 0.6) is 0 Å². The van der Waals surface area contributed by atoms with Crippen molar-refractivity contribution in [1.29, 1.82) is 0 Å². The topological polar surface area (TPSA) is 35.6 Å². The molecule has 31 heavy (non-hydrogen) atoms. The highest BCUT2D eigenvalue weighted by Crippen LogP contribution is 2.40. The predicted molar refractivity (Wildman–Crippen MR) is 116 cm³/mol. The molecule has 4 rings (SSSR count). The Morgan fingerprint density at radius 1 is 1.19 bits per heavy atom. The first-order chi connectivity index (χ1) is 14.7. The Hall–Kier alpha value is -1.76. The van der Waals surface area contributed by atoms with Crippen LogP contribution < -0.4 is 10.2 Å². The predicted octanol–water partition coefficient (Wildman–Crippen LogP) is 4.47. The molecule has 3 aliphatic rings. The van der Waals surface area contributed by atoms with E-state index < -0.39 is 11.7 Å². The maximum Gasteiger partial charge on any atom is 0.416 e. The second kappa shape index (κ2) is 9.00. The summed E-state index contributed by atoms with van der Waals surface area (Å²) in [5, 5.41) is 3.07. The number of alkyl halides is 3. The largest absolute Gasteiger partial charge is 0.416 e. The van der Waals surface area contributed by atoms with Crippen molar-refractivity contribution < 1.29 is 18.0 Å². The Labute approximate surface area is 183 Å². The number of nitrogens with zero attached hydrogens (tertiary/aromatic N) is 2. The lowest BCUT2D eigenvalue weighted by Gasteiger charge is -2.50. The number of fused-ring (bicyclic) bond motifs is 3. The first-order valence-corrected chi connectivity index (χ1v) is 11.7. The van der Waals surface area contributed by atoms with Gasteiger partial charge in [0.25, 0.3) is 0 Å². The van der Waals surface area contributed by atoms with Gasteiger partial charge in [-0.3, -0.25) is 9.69 Å². The summed E-state index contributed by atoms with van der Waals surface area (Å²) >= 11 is 0. The van der Waals surface area contributed by atoms with Crippen LogP contribution in [-0.2, 0) is 17.4 Å². The third-order valence-electron chi connectivity index (χ3n) is 7.27. The minimum absolute atomic E-state index is 0.0117. The number of carbonyl (C=O) groups is 1. The van der Waals surface area contributed by atoms with Crippen LogP contribution >= 0.6 is 0 Å². The number of hydrogen-bond donors (Lipinski definition) is 1. The number of amides is 1. The summed E-state index contributed by atoms with van der Waals surface area (Å²) in [7, 11) is 0. The molecule has 1 saturated carbocycles. The van der Waals surface area contributed by atoms with Crippen molar-refractivity contribution in [2.45, 2.75) is 70.6 Å². The van der Waals surface area contributed by atoms with Crippen LogP contribution in [0.3, 0.4) is 0 Å². The van der Waals surface area contributed by atoms with E-state index in [9.17, 15) is 18.0 Å². The Balaban J connectivity index is 1.59. The van der Waals surface area contributed by atoms with E-state index in [-0.39, 0.29) is 17.9 Å². The van der Waals surface area contributed by atoms with Crippen LogP contribution in [0.25, 0.3) is 0 Å². The molecule has 0 unspecified atom stereocenters. The summed E-state index contributed by atoms with van der Waals surface area (Å²) in [5.74, 6) is 0.144. The average Bonchev–Trinajstić information content (AvgIpc) is 3.26. The molecule has 1 N–H and O–H groups in total. The van der Waals surface area contributed by atoms with Gasteiger partial charge in [0.1, 0.15) is 0 Å². The van der Waals surface area contributed by atoms with Crippen LogP contribution in [0.1, 0.15) is 57.1 Å². The summed E-state index contributed by atoms with van der Waals surface area (Å²) in [5.41, 5.74) is 0.882. The molecule has 0 aromatic heterocycles. The molecule has 2 atom stereocenters. The van der Waals surface area contributed by atoms with Gasteiger partial charge in [0, 0.05) is 37.9 Å². The number of benzene rings is 1. The molecule has 1 aromatic rings. The Morgan fingerprint density at radius 2 is 1.94 bits per heavy atom. The number of carbonyl (C=O) groups excluding carboxylic acids is 1. The monoisotopic (exact) mass is 437 g/mol. The molecule has 2 aliphatic heterocycles. The molecule has 1 saturated heterocycles. The van der Waals surface area contributed by atoms with Gasteiger partial charge in [-0.2, -0.15) is 13.2 Å². The third-order valence-corrected chi connectivity index (χ3v) is 7.27. The second-order valence-electron chi connectivity index (χ2n) is 9.82. The molecule has 0 bridgehead atoms. The van der Waals surface area contributed by atoms with Gasteiger partial charge in [-0.15, -0.1) is 0 Å². The third kappa shape index (κ3) is 4.86. The smallest absolute Gasteiger partial charge is 0.365 e. The molecule has 4 nitrogen and oxygen atoms in total. The van der Waals surface area contributed by atoms with E-state index >= 15 is 0 Å². The summed E-state index contributed by atoms with van der Waals surface area (Å²) in [6, 6.07) is 4.65. The maximum atomic E-state index is 13.3. The van der Waals surface area contributed by atoms with Crippen LogP contribution in [0, 0.1) is 11.8 Å². The van der Waals surface area contributed by atoms with E-state index in [0.29, 0.717) is 30.5 Å². The molecule has 0 spiro atoms. The quantitative estimate of drug-likeness (QED) is 0.738. The standard InChI is InChI=1S/C24H34F3N3O/c1-16(2)9-10-28-23(31)20-14-17-13-18(24(25,26)27)7-8-21(17)30-12-11-29(15-22(20)30)19-5-3-4-6-19/h7-8,13,16,19-20,22H,3-6,9-12,14-15H2,1-2H3,(H,28,31)/t20-,22-/m0/s1. The lowest BCUT2D eigenvalue weighted by atomic mass is 9.82. The molecule has 1 amide bonds. The molecule has 0 radical (unpaired) electrons. The molecular formula is C24H34F3N3O. The van der Waals surface area contributed by atoms with E-state index in [1.54, 1.807) is 6.07 Å². The van der Waals surface area contributed by atoms with Crippen molar-refractivity contribution in [3.63, 3.8) is 0 Å². The molecular weight excluding hydrogens is 403 g/mol. The number of hydrogen-bond acceptors (Lipinski definition) is 3. The summed E-state index contributed by atoms with van der Waals surface area (Å²) in [4.78, 5) is 17.9. The number of halogens is 3. The fraction of sp³-hybridized carbons (Fsp3) is 0.708. The van der Waals surface area contributed by atoms with Crippen molar-refractivity contribution in [3.05, 3.63) is 29.3 Å². The number of nitrogens with one attached hydrogen (secondary N) is 1. The zero-order chi connectivity index (χ0) is 22.2. The van der Waals surface area contributed by atoms with Crippen LogP contribution in [0.15, 0.2) is 18.2 Å². The normalized spacial score (nSPS) is 24.9. The highest BCUT2D eigenvalue weighted by Gasteiger charge is 2.43. The summed E-state index contributed by atoms with van der Waals surface area (Å²) in [6.45, 7) is 7.32. The van der Waals surface area contributed by atoms with Gasteiger partial charge in [-0.25, -0.2) is 0 Å². The zero-order valence-corrected chi connectivity index (χ0v) is 18.5. The van der Waals surface area contributed by atoms with E-state index in [2.05, 4.69) is 29.0 Å². The molecule has 172 valence electrons. The Morgan fingerprint density at radius 3 is 2.61 bits per heavy atom. The van der Waals surface area contributed by atoms with Gasteiger partial charge in [0.2, 0.25) is 5.91 Å². The highest BCUT2D eigenvalue weighted by atomic mass is 19.4. The minimum atomic E-state index is -4.37. The highest BCUT2D eigenvalue weighted by molar-refractivity contribution is 5.82. The Kier molecular flexibility index (Phi) is 6.52. The molecule has 2 heterocycles. The molecule has 1 aliphatic carbocycles. The number of rotatable bonds is 5. The fourth-order valence-corrected chi connectivity index (χ4v) is 5.54. The number of anilines is 1.